The summed E-state index contributed by atoms with van der Waals surface area (Å²) in [7, 11) is 1.69. The molecule has 1 N–H and O–H groups in total. The molecule has 21 heavy (non-hydrogen) atoms. The number of aryl methyl sites for hydroxylation is 2. The maximum Gasteiger partial charge on any atom is 0.167 e. The molecule has 1 aromatic heterocycles. The molecule has 0 aliphatic carbocycles. The predicted molar refractivity (Wildman–Crippen MR) is 80.9 cm³/mol. The Balaban J connectivity index is 1.82. The highest BCUT2D eigenvalue weighted by Gasteiger charge is 2.13. The average Bonchev–Trinajstić information content (AvgIpc) is 2.97. The van der Waals surface area contributed by atoms with Crippen LogP contribution in [0.1, 0.15) is 30.8 Å². The quantitative estimate of drug-likeness (QED) is 0.710. The molecule has 0 radical (unpaired) electrons. The van der Waals surface area contributed by atoms with Crippen molar-refractivity contribution in [3.8, 4) is 0 Å². The first-order valence-electron chi connectivity index (χ1n) is 7.33. The standard InChI is InChI=1S/C15H23N5O/c1-13(16-10-12-21-2)15-17-18-19-20(15)11-6-9-14-7-4-3-5-8-14/h3-5,7-8,13,16H,6,9-12H2,1-2H3. The Morgan fingerprint density at radius 2 is 2.10 bits per heavy atom. The fourth-order valence-corrected chi connectivity index (χ4v) is 2.23. The number of ether oxygens (including phenoxy) is 1. The lowest BCUT2D eigenvalue weighted by Gasteiger charge is -2.13. The van der Waals surface area contributed by atoms with E-state index in [-0.39, 0.29) is 6.04 Å². The smallest absolute Gasteiger partial charge is 0.167 e. The number of nitrogens with one attached hydrogen (secondary N) is 1. The molecule has 0 aliphatic rings. The van der Waals surface area contributed by atoms with Crippen LogP contribution in [0.15, 0.2) is 30.3 Å². The SMILES string of the molecule is COCCNC(C)c1nnnn1CCCc1ccccc1. The van der Waals surface area contributed by atoms with E-state index in [1.54, 1.807) is 7.11 Å². The van der Waals surface area contributed by atoms with E-state index in [2.05, 4.69) is 52.0 Å². The molecule has 6 heteroatoms. The number of tetrazole rings is 1. The number of methoxy groups -OCH3 is 1. The zero-order chi connectivity index (χ0) is 14.9. The maximum absolute atomic E-state index is 5.03. The van der Waals surface area contributed by atoms with Crippen molar-refractivity contribution >= 4 is 0 Å². The second-order valence-electron chi connectivity index (χ2n) is 5.02. The molecule has 0 bridgehead atoms. The minimum absolute atomic E-state index is 0.117. The second-order valence-corrected chi connectivity index (χ2v) is 5.02. The lowest BCUT2D eigenvalue weighted by molar-refractivity contribution is 0.195. The Bertz CT molecular complexity index is 514. The van der Waals surface area contributed by atoms with Crippen LogP contribution in [-0.4, -0.2) is 40.5 Å². The van der Waals surface area contributed by atoms with Gasteiger partial charge in [0, 0.05) is 20.2 Å². The monoisotopic (exact) mass is 289 g/mol. The second kappa shape index (κ2) is 8.49. The van der Waals surface area contributed by atoms with Gasteiger partial charge in [-0.1, -0.05) is 30.3 Å². The van der Waals surface area contributed by atoms with Gasteiger partial charge in [-0.25, -0.2) is 4.68 Å². The molecule has 2 rings (SSSR count). The Labute approximate surface area is 125 Å². The Morgan fingerprint density at radius 3 is 2.86 bits per heavy atom. The number of aromatic nitrogens is 4. The fraction of sp³-hybridized carbons (Fsp3) is 0.533. The normalized spacial score (nSPS) is 12.5. The summed E-state index contributed by atoms with van der Waals surface area (Å²) >= 11 is 0. The van der Waals surface area contributed by atoms with Crippen LogP contribution in [0.4, 0.5) is 0 Å². The highest BCUT2D eigenvalue weighted by molar-refractivity contribution is 5.14. The zero-order valence-corrected chi connectivity index (χ0v) is 12.7. The number of hydrogen-bond acceptors (Lipinski definition) is 5. The summed E-state index contributed by atoms with van der Waals surface area (Å²) in [6.07, 6.45) is 2.05. The third-order valence-corrected chi connectivity index (χ3v) is 3.38. The van der Waals surface area contributed by atoms with Crippen LogP contribution in [0.3, 0.4) is 0 Å². The van der Waals surface area contributed by atoms with Crippen LogP contribution in [0.25, 0.3) is 0 Å². The third kappa shape index (κ3) is 4.91. The molecular formula is C15H23N5O. The van der Waals surface area contributed by atoms with E-state index >= 15 is 0 Å². The molecule has 1 heterocycles. The summed E-state index contributed by atoms with van der Waals surface area (Å²) in [5.74, 6) is 0.874. The first-order chi connectivity index (χ1) is 10.3. The van der Waals surface area contributed by atoms with Crippen LogP contribution in [0.5, 0.6) is 0 Å². The predicted octanol–water partition coefficient (Wildman–Crippen LogP) is 1.60. The third-order valence-electron chi connectivity index (χ3n) is 3.38. The van der Waals surface area contributed by atoms with Crippen molar-refractivity contribution in [3.05, 3.63) is 41.7 Å². The van der Waals surface area contributed by atoms with E-state index in [1.807, 2.05) is 10.7 Å². The Hall–Kier alpha value is -1.79. The van der Waals surface area contributed by atoms with Crippen molar-refractivity contribution in [2.45, 2.75) is 32.4 Å². The minimum atomic E-state index is 0.117. The maximum atomic E-state index is 5.03. The van der Waals surface area contributed by atoms with E-state index in [9.17, 15) is 0 Å². The summed E-state index contributed by atoms with van der Waals surface area (Å²) in [6, 6.07) is 10.6. The number of hydrogen-bond donors (Lipinski definition) is 1. The van der Waals surface area contributed by atoms with Gasteiger partial charge >= 0.3 is 0 Å². The molecule has 1 unspecified atom stereocenters. The summed E-state index contributed by atoms with van der Waals surface area (Å²) in [5.41, 5.74) is 1.35. The molecule has 6 nitrogen and oxygen atoms in total. The largest absolute Gasteiger partial charge is 0.383 e. The molecule has 0 aliphatic heterocycles. The lowest BCUT2D eigenvalue weighted by atomic mass is 10.1. The van der Waals surface area contributed by atoms with Gasteiger partial charge in [0.1, 0.15) is 0 Å². The number of rotatable bonds is 9. The van der Waals surface area contributed by atoms with Crippen LogP contribution >= 0.6 is 0 Å². The molecule has 1 atom stereocenters. The van der Waals surface area contributed by atoms with Crippen LogP contribution in [-0.2, 0) is 17.7 Å². The van der Waals surface area contributed by atoms with E-state index in [0.717, 1.165) is 31.8 Å². The van der Waals surface area contributed by atoms with Crippen LogP contribution in [0, 0.1) is 0 Å². The van der Waals surface area contributed by atoms with E-state index < -0.39 is 0 Å². The lowest BCUT2D eigenvalue weighted by Crippen LogP contribution is -2.25. The first-order valence-corrected chi connectivity index (χ1v) is 7.33. The molecule has 0 saturated carbocycles. The minimum Gasteiger partial charge on any atom is -0.383 e. The van der Waals surface area contributed by atoms with Crippen molar-refractivity contribution in [1.82, 2.24) is 25.5 Å². The number of nitrogens with zero attached hydrogens (tertiary/aromatic N) is 4. The van der Waals surface area contributed by atoms with Gasteiger partial charge in [0.2, 0.25) is 0 Å². The zero-order valence-electron chi connectivity index (χ0n) is 12.7. The van der Waals surface area contributed by atoms with Gasteiger partial charge in [-0.05, 0) is 35.8 Å². The van der Waals surface area contributed by atoms with Gasteiger partial charge in [0.15, 0.2) is 5.82 Å². The van der Waals surface area contributed by atoms with Crippen molar-refractivity contribution in [2.75, 3.05) is 20.3 Å². The summed E-state index contributed by atoms with van der Waals surface area (Å²) in [4.78, 5) is 0. The van der Waals surface area contributed by atoms with E-state index in [1.165, 1.54) is 5.56 Å². The van der Waals surface area contributed by atoms with Gasteiger partial charge in [0.05, 0.1) is 12.6 Å². The fourth-order valence-electron chi connectivity index (χ4n) is 2.23. The topological polar surface area (TPSA) is 64.9 Å². The molecule has 0 saturated heterocycles. The molecule has 0 spiro atoms. The van der Waals surface area contributed by atoms with Gasteiger partial charge < -0.3 is 10.1 Å². The molecule has 0 fully saturated rings. The summed E-state index contributed by atoms with van der Waals surface area (Å²) in [5, 5.41) is 15.3. The highest BCUT2D eigenvalue weighted by Crippen LogP contribution is 2.09. The van der Waals surface area contributed by atoms with Crippen LogP contribution < -0.4 is 5.32 Å². The molecule has 114 valence electrons. The Morgan fingerprint density at radius 1 is 1.29 bits per heavy atom. The van der Waals surface area contributed by atoms with E-state index in [0.29, 0.717) is 6.61 Å². The van der Waals surface area contributed by atoms with Gasteiger partial charge in [-0.2, -0.15) is 0 Å². The van der Waals surface area contributed by atoms with Crippen molar-refractivity contribution in [2.24, 2.45) is 0 Å². The van der Waals surface area contributed by atoms with Gasteiger partial charge in [-0.3, -0.25) is 0 Å². The molecular weight excluding hydrogens is 266 g/mol. The van der Waals surface area contributed by atoms with Crippen molar-refractivity contribution < 1.29 is 4.74 Å². The molecule has 2 aromatic rings. The van der Waals surface area contributed by atoms with Gasteiger partial charge in [0.25, 0.3) is 0 Å². The average molecular weight is 289 g/mol. The van der Waals surface area contributed by atoms with E-state index in [4.69, 9.17) is 4.74 Å². The summed E-state index contributed by atoms with van der Waals surface area (Å²) in [6.45, 7) is 4.36. The van der Waals surface area contributed by atoms with Crippen LogP contribution in [0.2, 0.25) is 0 Å². The van der Waals surface area contributed by atoms with Crippen molar-refractivity contribution in [1.29, 1.82) is 0 Å². The molecule has 1 aromatic carbocycles. The van der Waals surface area contributed by atoms with Crippen molar-refractivity contribution in [3.63, 3.8) is 0 Å². The first kappa shape index (κ1) is 15.6. The Kier molecular flexibility index (Phi) is 6.30. The summed E-state index contributed by atoms with van der Waals surface area (Å²) < 4.78 is 6.92. The van der Waals surface area contributed by atoms with Gasteiger partial charge in [-0.15, -0.1) is 5.10 Å². The molecule has 0 amide bonds. The highest BCUT2D eigenvalue weighted by atomic mass is 16.5. The number of benzene rings is 1.